The SMILES string of the molecule is CCOC(=O)c1c(NC(=S)NC2CCCCCCC2)sc2c1CCCCCC2. The van der Waals surface area contributed by atoms with Crippen molar-refractivity contribution >= 4 is 39.6 Å². The van der Waals surface area contributed by atoms with Crippen LogP contribution in [0.25, 0.3) is 0 Å². The first-order valence-electron chi connectivity index (χ1n) is 11.1. The predicted octanol–water partition coefficient (Wildman–Crippen LogP) is 5.98. The van der Waals surface area contributed by atoms with Crippen LogP contribution in [0.3, 0.4) is 0 Å². The third-order valence-corrected chi connectivity index (χ3v) is 7.25. The Kier molecular flexibility index (Phi) is 8.59. The zero-order valence-corrected chi connectivity index (χ0v) is 18.7. The van der Waals surface area contributed by atoms with Crippen LogP contribution in [0, 0.1) is 0 Å². The molecule has 1 saturated carbocycles. The molecule has 0 aliphatic heterocycles. The highest BCUT2D eigenvalue weighted by atomic mass is 32.1. The lowest BCUT2D eigenvalue weighted by atomic mass is 9.96. The van der Waals surface area contributed by atoms with Crippen molar-refractivity contribution in [3.8, 4) is 0 Å². The van der Waals surface area contributed by atoms with Gasteiger partial charge in [-0.1, -0.05) is 44.9 Å². The zero-order chi connectivity index (χ0) is 19.8. The number of nitrogens with one attached hydrogen (secondary N) is 2. The first-order chi connectivity index (χ1) is 13.7. The molecule has 2 N–H and O–H groups in total. The van der Waals surface area contributed by atoms with Crippen molar-refractivity contribution in [1.82, 2.24) is 5.32 Å². The van der Waals surface area contributed by atoms with Gasteiger partial charge in [0.05, 0.1) is 12.2 Å². The van der Waals surface area contributed by atoms with E-state index in [4.69, 9.17) is 17.0 Å². The average molecular weight is 423 g/mol. The molecule has 3 rings (SSSR count). The summed E-state index contributed by atoms with van der Waals surface area (Å²) in [7, 11) is 0. The summed E-state index contributed by atoms with van der Waals surface area (Å²) in [6.07, 6.45) is 15.7. The highest BCUT2D eigenvalue weighted by Crippen LogP contribution is 2.37. The minimum Gasteiger partial charge on any atom is -0.462 e. The lowest BCUT2D eigenvalue weighted by Gasteiger charge is -2.22. The highest BCUT2D eigenvalue weighted by molar-refractivity contribution is 7.80. The molecule has 2 aliphatic carbocycles. The Morgan fingerprint density at radius 1 is 1.04 bits per heavy atom. The summed E-state index contributed by atoms with van der Waals surface area (Å²) in [5.41, 5.74) is 1.92. The Labute approximate surface area is 178 Å². The third-order valence-electron chi connectivity index (χ3n) is 5.82. The summed E-state index contributed by atoms with van der Waals surface area (Å²) in [4.78, 5) is 14.1. The Hall–Kier alpha value is -1.14. The molecule has 1 fully saturated rings. The van der Waals surface area contributed by atoms with Crippen molar-refractivity contribution in [2.24, 2.45) is 0 Å². The van der Waals surface area contributed by atoms with Crippen LogP contribution in [0.5, 0.6) is 0 Å². The van der Waals surface area contributed by atoms with Crippen molar-refractivity contribution in [2.75, 3.05) is 11.9 Å². The summed E-state index contributed by atoms with van der Waals surface area (Å²) >= 11 is 7.33. The molecule has 156 valence electrons. The number of rotatable bonds is 4. The molecule has 0 saturated heterocycles. The van der Waals surface area contributed by atoms with Crippen LogP contribution in [0.2, 0.25) is 0 Å². The quantitative estimate of drug-likeness (QED) is 0.461. The van der Waals surface area contributed by atoms with E-state index in [1.54, 1.807) is 11.3 Å². The van der Waals surface area contributed by atoms with E-state index in [2.05, 4.69) is 10.6 Å². The molecular weight excluding hydrogens is 388 g/mol. The van der Waals surface area contributed by atoms with E-state index in [1.165, 1.54) is 74.6 Å². The van der Waals surface area contributed by atoms with Gasteiger partial charge in [0.15, 0.2) is 5.11 Å². The first-order valence-corrected chi connectivity index (χ1v) is 12.3. The molecule has 0 amide bonds. The molecule has 0 unspecified atom stereocenters. The lowest BCUT2D eigenvalue weighted by molar-refractivity contribution is 0.0526. The van der Waals surface area contributed by atoms with Gasteiger partial charge in [-0.15, -0.1) is 11.3 Å². The van der Waals surface area contributed by atoms with Gasteiger partial charge < -0.3 is 15.4 Å². The Balaban J connectivity index is 1.74. The molecule has 4 nitrogen and oxygen atoms in total. The van der Waals surface area contributed by atoms with Crippen molar-refractivity contribution in [3.63, 3.8) is 0 Å². The summed E-state index contributed by atoms with van der Waals surface area (Å²) in [6.45, 7) is 2.26. The second-order valence-electron chi connectivity index (χ2n) is 7.98. The number of fused-ring (bicyclic) bond motifs is 1. The maximum absolute atomic E-state index is 12.7. The van der Waals surface area contributed by atoms with E-state index in [9.17, 15) is 4.79 Å². The van der Waals surface area contributed by atoms with Crippen molar-refractivity contribution in [1.29, 1.82) is 0 Å². The van der Waals surface area contributed by atoms with Crippen LogP contribution in [0.1, 0.15) is 98.4 Å². The number of carbonyl (C=O) groups excluding carboxylic acids is 1. The molecule has 28 heavy (non-hydrogen) atoms. The number of aryl methyl sites for hydroxylation is 1. The number of hydrogen-bond acceptors (Lipinski definition) is 4. The Bertz CT molecular complexity index is 664. The molecule has 1 heterocycles. The van der Waals surface area contributed by atoms with Gasteiger partial charge in [0, 0.05) is 10.9 Å². The van der Waals surface area contributed by atoms with Gasteiger partial charge in [0.1, 0.15) is 5.00 Å². The van der Waals surface area contributed by atoms with Crippen molar-refractivity contribution in [2.45, 2.75) is 96.4 Å². The molecule has 0 aromatic carbocycles. The fourth-order valence-electron chi connectivity index (χ4n) is 4.35. The van der Waals surface area contributed by atoms with E-state index in [0.717, 1.165) is 29.8 Å². The number of anilines is 1. The number of hydrogen-bond donors (Lipinski definition) is 2. The van der Waals surface area contributed by atoms with Crippen LogP contribution in [-0.4, -0.2) is 23.7 Å². The summed E-state index contributed by atoms with van der Waals surface area (Å²) < 4.78 is 5.39. The summed E-state index contributed by atoms with van der Waals surface area (Å²) in [6, 6.07) is 0.437. The maximum Gasteiger partial charge on any atom is 0.341 e. The van der Waals surface area contributed by atoms with Crippen LogP contribution in [0.15, 0.2) is 0 Å². The molecule has 0 bridgehead atoms. The zero-order valence-electron chi connectivity index (χ0n) is 17.1. The fourth-order valence-corrected chi connectivity index (χ4v) is 5.97. The highest BCUT2D eigenvalue weighted by Gasteiger charge is 2.26. The second-order valence-corrected chi connectivity index (χ2v) is 9.50. The number of thiocarbonyl (C=S) groups is 1. The molecule has 0 spiro atoms. The van der Waals surface area contributed by atoms with Crippen LogP contribution < -0.4 is 10.6 Å². The van der Waals surface area contributed by atoms with Gasteiger partial charge in [-0.3, -0.25) is 0 Å². The van der Waals surface area contributed by atoms with Gasteiger partial charge in [-0.05, 0) is 63.2 Å². The van der Waals surface area contributed by atoms with Gasteiger partial charge in [0.2, 0.25) is 0 Å². The monoisotopic (exact) mass is 422 g/mol. The van der Waals surface area contributed by atoms with Gasteiger partial charge in [-0.2, -0.15) is 0 Å². The molecule has 2 aliphatic rings. The van der Waals surface area contributed by atoms with Crippen LogP contribution in [0.4, 0.5) is 5.00 Å². The number of thiophene rings is 1. The molecule has 1 aromatic rings. The van der Waals surface area contributed by atoms with Crippen LogP contribution >= 0.6 is 23.6 Å². The number of ether oxygens (including phenoxy) is 1. The minimum absolute atomic E-state index is 0.211. The van der Waals surface area contributed by atoms with E-state index in [1.807, 2.05) is 6.92 Å². The lowest BCUT2D eigenvalue weighted by Crippen LogP contribution is -2.38. The largest absolute Gasteiger partial charge is 0.462 e. The Morgan fingerprint density at radius 3 is 2.39 bits per heavy atom. The maximum atomic E-state index is 12.7. The standard InChI is InChI=1S/C22H34N2O2S2/c1-2-26-21(25)19-17-14-10-6-7-11-15-18(17)28-20(19)24-22(27)23-16-12-8-4-3-5-9-13-16/h16H,2-15H2,1H3,(H2,23,24,27). The summed E-state index contributed by atoms with van der Waals surface area (Å²) in [5, 5.41) is 8.40. The molecule has 6 heteroatoms. The molecule has 0 radical (unpaired) electrons. The Morgan fingerprint density at radius 2 is 1.68 bits per heavy atom. The number of carbonyl (C=O) groups is 1. The van der Waals surface area contributed by atoms with Gasteiger partial charge >= 0.3 is 5.97 Å². The first kappa shape index (κ1) is 21.6. The van der Waals surface area contributed by atoms with E-state index >= 15 is 0 Å². The smallest absolute Gasteiger partial charge is 0.341 e. The topological polar surface area (TPSA) is 50.4 Å². The molecular formula is C22H34N2O2S2. The minimum atomic E-state index is -0.211. The number of esters is 1. The van der Waals surface area contributed by atoms with Gasteiger partial charge in [0.25, 0.3) is 0 Å². The molecule has 1 aromatic heterocycles. The van der Waals surface area contributed by atoms with E-state index in [0.29, 0.717) is 17.8 Å². The third kappa shape index (κ3) is 5.93. The normalized spacial score (nSPS) is 18.8. The van der Waals surface area contributed by atoms with Crippen molar-refractivity contribution in [3.05, 3.63) is 16.0 Å². The van der Waals surface area contributed by atoms with Gasteiger partial charge in [-0.25, -0.2) is 4.79 Å². The second kappa shape index (κ2) is 11.1. The fraction of sp³-hybridized carbons (Fsp3) is 0.727. The predicted molar refractivity (Wildman–Crippen MR) is 122 cm³/mol. The van der Waals surface area contributed by atoms with Crippen molar-refractivity contribution < 1.29 is 9.53 Å². The van der Waals surface area contributed by atoms with Crippen LogP contribution in [-0.2, 0) is 17.6 Å². The molecule has 0 atom stereocenters. The average Bonchev–Trinajstić information content (AvgIpc) is 2.93. The van der Waals surface area contributed by atoms with E-state index < -0.39 is 0 Å². The van der Waals surface area contributed by atoms with E-state index in [-0.39, 0.29) is 5.97 Å². The summed E-state index contributed by atoms with van der Waals surface area (Å²) in [5.74, 6) is -0.211.